The summed E-state index contributed by atoms with van der Waals surface area (Å²) in [6.45, 7) is 2.00. The molecule has 0 aromatic heterocycles. The Kier molecular flexibility index (Phi) is 5.94. The summed E-state index contributed by atoms with van der Waals surface area (Å²) < 4.78 is 0. The minimum atomic E-state index is 0.0805. The fraction of sp³-hybridized carbons (Fsp3) is 0.462. The molecule has 16 heavy (non-hydrogen) atoms. The Balaban J connectivity index is 2.56. The number of benzene rings is 1. The number of hydrogen-bond acceptors (Lipinski definition) is 1. The Hall–Kier alpha value is -1.02. The Morgan fingerprint density at radius 3 is 2.94 bits per heavy atom. The molecule has 1 rings (SSSR count). The van der Waals surface area contributed by atoms with E-state index in [2.05, 4.69) is 11.4 Å². The topological polar surface area (TPSA) is 29.1 Å². The summed E-state index contributed by atoms with van der Waals surface area (Å²) in [7, 11) is 0. The Labute approximate surface area is 102 Å². The fourth-order valence-electron chi connectivity index (χ4n) is 1.53. The summed E-state index contributed by atoms with van der Waals surface area (Å²) in [5, 5.41) is 2.89. The van der Waals surface area contributed by atoms with Crippen LogP contribution in [-0.2, 0) is 11.2 Å². The molecule has 0 saturated carbocycles. The normalized spacial score (nSPS) is 10.1. The van der Waals surface area contributed by atoms with Crippen LogP contribution in [0, 0.1) is 0 Å². The van der Waals surface area contributed by atoms with Crippen LogP contribution in [0.3, 0.4) is 0 Å². The highest BCUT2D eigenvalue weighted by atomic mass is 35.5. The number of amides is 1. The van der Waals surface area contributed by atoms with Crippen molar-refractivity contribution in [3.05, 3.63) is 29.8 Å². The molecule has 0 aliphatic heterocycles. The zero-order chi connectivity index (χ0) is 11.8. The minimum Gasteiger partial charge on any atom is -0.326 e. The summed E-state index contributed by atoms with van der Waals surface area (Å²) >= 11 is 5.65. The number of alkyl halides is 1. The summed E-state index contributed by atoms with van der Waals surface area (Å²) in [6.07, 6.45) is 3.37. The standard InChI is InChI=1S/C13H18ClNO/c1-2-5-13(16)15-12-8-3-6-11(10-12)7-4-9-14/h3,6,8,10H,2,4-5,7,9H2,1H3,(H,15,16). The highest BCUT2D eigenvalue weighted by Crippen LogP contribution is 2.13. The van der Waals surface area contributed by atoms with Crippen LogP contribution in [0.1, 0.15) is 31.7 Å². The molecule has 0 saturated heterocycles. The van der Waals surface area contributed by atoms with Crippen LogP contribution in [0.2, 0.25) is 0 Å². The second-order valence-corrected chi connectivity index (χ2v) is 4.17. The minimum absolute atomic E-state index is 0.0805. The summed E-state index contributed by atoms with van der Waals surface area (Å²) in [4.78, 5) is 11.4. The molecule has 1 aromatic rings. The molecule has 0 spiro atoms. The maximum Gasteiger partial charge on any atom is 0.224 e. The molecule has 0 unspecified atom stereocenters. The Morgan fingerprint density at radius 1 is 1.44 bits per heavy atom. The quantitative estimate of drug-likeness (QED) is 0.756. The molecule has 0 heterocycles. The van der Waals surface area contributed by atoms with E-state index in [1.165, 1.54) is 5.56 Å². The van der Waals surface area contributed by atoms with Gasteiger partial charge < -0.3 is 5.32 Å². The van der Waals surface area contributed by atoms with Crippen molar-refractivity contribution in [1.82, 2.24) is 0 Å². The van der Waals surface area contributed by atoms with Gasteiger partial charge >= 0.3 is 0 Å². The molecule has 2 nitrogen and oxygen atoms in total. The van der Waals surface area contributed by atoms with E-state index in [0.29, 0.717) is 12.3 Å². The molecular formula is C13H18ClNO. The lowest BCUT2D eigenvalue weighted by Gasteiger charge is -2.06. The molecule has 1 N–H and O–H groups in total. The molecule has 0 atom stereocenters. The molecule has 0 radical (unpaired) electrons. The van der Waals surface area contributed by atoms with Crippen molar-refractivity contribution in [3.8, 4) is 0 Å². The predicted octanol–water partition coefficient (Wildman–Crippen LogP) is 3.60. The number of carbonyl (C=O) groups excluding carboxylic acids is 1. The number of rotatable bonds is 6. The first-order chi connectivity index (χ1) is 7.76. The van der Waals surface area contributed by atoms with Crippen LogP contribution in [0.4, 0.5) is 5.69 Å². The average molecular weight is 240 g/mol. The lowest BCUT2D eigenvalue weighted by Crippen LogP contribution is -2.10. The molecule has 88 valence electrons. The third-order valence-corrected chi connectivity index (χ3v) is 2.55. The van der Waals surface area contributed by atoms with Crippen molar-refractivity contribution in [2.75, 3.05) is 11.2 Å². The summed E-state index contributed by atoms with van der Waals surface area (Å²) in [6, 6.07) is 7.95. The number of nitrogens with one attached hydrogen (secondary N) is 1. The van der Waals surface area contributed by atoms with Gasteiger partial charge in [0.2, 0.25) is 5.91 Å². The van der Waals surface area contributed by atoms with Crippen molar-refractivity contribution >= 4 is 23.2 Å². The van der Waals surface area contributed by atoms with E-state index in [4.69, 9.17) is 11.6 Å². The number of halogens is 1. The second kappa shape index (κ2) is 7.29. The lowest BCUT2D eigenvalue weighted by atomic mass is 10.1. The van der Waals surface area contributed by atoms with Gasteiger partial charge in [-0.2, -0.15) is 0 Å². The van der Waals surface area contributed by atoms with Gasteiger partial charge in [-0.25, -0.2) is 0 Å². The van der Waals surface area contributed by atoms with Crippen LogP contribution < -0.4 is 5.32 Å². The first-order valence-corrected chi connectivity index (χ1v) is 6.24. The summed E-state index contributed by atoms with van der Waals surface area (Å²) in [5.41, 5.74) is 2.10. The van der Waals surface area contributed by atoms with Gasteiger partial charge in [0.15, 0.2) is 0 Å². The first-order valence-electron chi connectivity index (χ1n) is 5.71. The number of aryl methyl sites for hydroxylation is 1. The van der Waals surface area contributed by atoms with Gasteiger partial charge in [-0.15, -0.1) is 11.6 Å². The largest absolute Gasteiger partial charge is 0.326 e. The molecule has 0 aliphatic carbocycles. The van der Waals surface area contributed by atoms with Crippen LogP contribution in [0.25, 0.3) is 0 Å². The van der Waals surface area contributed by atoms with Gasteiger partial charge in [0.1, 0.15) is 0 Å². The zero-order valence-electron chi connectivity index (χ0n) is 9.63. The van der Waals surface area contributed by atoms with Gasteiger partial charge in [0.05, 0.1) is 0 Å². The van der Waals surface area contributed by atoms with Gasteiger partial charge in [-0.3, -0.25) is 4.79 Å². The molecular weight excluding hydrogens is 222 g/mol. The third-order valence-electron chi connectivity index (χ3n) is 2.29. The zero-order valence-corrected chi connectivity index (χ0v) is 10.4. The van der Waals surface area contributed by atoms with Crippen LogP contribution in [-0.4, -0.2) is 11.8 Å². The van der Waals surface area contributed by atoms with Gasteiger partial charge in [0.25, 0.3) is 0 Å². The Morgan fingerprint density at radius 2 is 2.25 bits per heavy atom. The Bertz CT molecular complexity index is 338. The first kappa shape index (κ1) is 13.0. The van der Waals surface area contributed by atoms with Crippen molar-refractivity contribution in [2.24, 2.45) is 0 Å². The van der Waals surface area contributed by atoms with Crippen molar-refractivity contribution in [2.45, 2.75) is 32.6 Å². The number of carbonyl (C=O) groups is 1. The van der Waals surface area contributed by atoms with E-state index in [1.54, 1.807) is 0 Å². The highest BCUT2D eigenvalue weighted by Gasteiger charge is 2.01. The molecule has 1 amide bonds. The van der Waals surface area contributed by atoms with Crippen LogP contribution in [0.5, 0.6) is 0 Å². The number of hydrogen-bond donors (Lipinski definition) is 1. The third kappa shape index (κ3) is 4.67. The average Bonchev–Trinajstić information content (AvgIpc) is 2.27. The summed E-state index contributed by atoms with van der Waals surface area (Å²) in [5.74, 6) is 0.754. The van der Waals surface area contributed by atoms with Crippen molar-refractivity contribution < 1.29 is 4.79 Å². The van der Waals surface area contributed by atoms with Crippen LogP contribution in [0.15, 0.2) is 24.3 Å². The fourth-order valence-corrected chi connectivity index (χ4v) is 1.66. The van der Waals surface area contributed by atoms with E-state index in [1.807, 2.05) is 25.1 Å². The smallest absolute Gasteiger partial charge is 0.224 e. The van der Waals surface area contributed by atoms with E-state index in [-0.39, 0.29) is 5.91 Å². The molecule has 0 aliphatic rings. The lowest BCUT2D eigenvalue weighted by molar-refractivity contribution is -0.116. The SMILES string of the molecule is CCCC(=O)Nc1cccc(CCCCl)c1. The van der Waals surface area contributed by atoms with E-state index >= 15 is 0 Å². The van der Waals surface area contributed by atoms with E-state index in [9.17, 15) is 4.79 Å². The van der Waals surface area contributed by atoms with Crippen molar-refractivity contribution in [1.29, 1.82) is 0 Å². The molecule has 3 heteroatoms. The monoisotopic (exact) mass is 239 g/mol. The van der Waals surface area contributed by atoms with Gasteiger partial charge in [0, 0.05) is 18.0 Å². The van der Waals surface area contributed by atoms with Gasteiger partial charge in [-0.05, 0) is 37.0 Å². The molecule has 1 aromatic carbocycles. The van der Waals surface area contributed by atoms with Crippen molar-refractivity contribution in [3.63, 3.8) is 0 Å². The van der Waals surface area contributed by atoms with E-state index in [0.717, 1.165) is 24.9 Å². The maximum absolute atomic E-state index is 11.4. The predicted molar refractivity (Wildman–Crippen MR) is 69.0 cm³/mol. The molecule has 0 bridgehead atoms. The maximum atomic E-state index is 11.4. The molecule has 0 fully saturated rings. The van der Waals surface area contributed by atoms with Crippen LogP contribution >= 0.6 is 11.6 Å². The van der Waals surface area contributed by atoms with E-state index < -0.39 is 0 Å². The second-order valence-electron chi connectivity index (χ2n) is 3.79. The number of anilines is 1. The highest BCUT2D eigenvalue weighted by molar-refractivity contribution is 6.17. The van der Waals surface area contributed by atoms with Gasteiger partial charge in [-0.1, -0.05) is 19.1 Å².